The van der Waals surface area contributed by atoms with Gasteiger partial charge in [-0.15, -0.1) is 0 Å². The highest BCUT2D eigenvalue weighted by Crippen LogP contribution is 2.26. The Morgan fingerprint density at radius 2 is 1.81 bits per heavy atom. The van der Waals surface area contributed by atoms with Crippen molar-refractivity contribution in [3.63, 3.8) is 0 Å². The van der Waals surface area contributed by atoms with Crippen LogP contribution in [0.3, 0.4) is 0 Å². The number of halogens is 2. The summed E-state index contributed by atoms with van der Waals surface area (Å²) in [6.45, 7) is 0.943. The van der Waals surface area contributed by atoms with Gasteiger partial charge in [-0.05, 0) is 54.8 Å². The second kappa shape index (κ2) is 8.28. The van der Waals surface area contributed by atoms with E-state index in [2.05, 4.69) is 10.3 Å². The number of carbonyl (C=O) groups excluding carboxylic acids is 1. The molecular formula is C20H22F2N4O. The van der Waals surface area contributed by atoms with Crippen LogP contribution in [0.1, 0.15) is 23.3 Å². The van der Waals surface area contributed by atoms with E-state index in [9.17, 15) is 13.6 Å². The van der Waals surface area contributed by atoms with E-state index in [1.54, 1.807) is 18.2 Å². The molecule has 0 spiro atoms. The lowest BCUT2D eigenvalue weighted by Gasteiger charge is -2.11. The van der Waals surface area contributed by atoms with Crippen LogP contribution >= 0.6 is 0 Å². The Kier molecular flexibility index (Phi) is 5.83. The molecule has 0 aliphatic rings. The van der Waals surface area contributed by atoms with Gasteiger partial charge in [0.15, 0.2) is 11.6 Å². The van der Waals surface area contributed by atoms with Gasteiger partial charge >= 0.3 is 0 Å². The number of nitrogens with two attached hydrogens (primary N) is 2. The van der Waals surface area contributed by atoms with Gasteiger partial charge in [0.2, 0.25) is 0 Å². The van der Waals surface area contributed by atoms with Gasteiger partial charge in [-0.25, -0.2) is 8.78 Å². The first-order valence-corrected chi connectivity index (χ1v) is 8.80. The largest absolute Gasteiger partial charge is 0.351 e. The summed E-state index contributed by atoms with van der Waals surface area (Å²) in [6, 6.07) is 10.8. The molecule has 1 unspecified atom stereocenters. The number of rotatable bonds is 7. The van der Waals surface area contributed by atoms with Crippen LogP contribution in [0, 0.1) is 11.6 Å². The number of H-pyrrole nitrogens is 1. The normalized spacial score (nSPS) is 12.3. The van der Waals surface area contributed by atoms with Gasteiger partial charge in [0.1, 0.15) is 5.69 Å². The highest BCUT2D eigenvalue weighted by Gasteiger charge is 2.12. The van der Waals surface area contributed by atoms with Crippen molar-refractivity contribution >= 4 is 16.8 Å². The lowest BCUT2D eigenvalue weighted by atomic mass is 10.0. The third kappa shape index (κ3) is 4.50. The Morgan fingerprint density at radius 1 is 1.07 bits per heavy atom. The Labute approximate surface area is 155 Å². The lowest BCUT2D eigenvalue weighted by molar-refractivity contribution is 0.0946. The van der Waals surface area contributed by atoms with Gasteiger partial charge in [0.05, 0.1) is 0 Å². The van der Waals surface area contributed by atoms with Crippen molar-refractivity contribution in [2.75, 3.05) is 13.1 Å². The van der Waals surface area contributed by atoms with Crippen molar-refractivity contribution in [3.8, 4) is 11.1 Å². The molecule has 5 nitrogen and oxygen atoms in total. The number of hydrogen-bond donors (Lipinski definition) is 4. The smallest absolute Gasteiger partial charge is 0.267 e. The number of nitrogens with one attached hydrogen (secondary N) is 2. The summed E-state index contributed by atoms with van der Waals surface area (Å²) in [4.78, 5) is 15.4. The molecule has 1 amide bonds. The molecular weight excluding hydrogens is 350 g/mol. The number of fused-ring (bicyclic) bond motifs is 1. The fourth-order valence-corrected chi connectivity index (χ4v) is 2.91. The van der Waals surface area contributed by atoms with E-state index in [4.69, 9.17) is 11.5 Å². The minimum atomic E-state index is -0.898. The molecule has 3 aromatic rings. The molecule has 0 aliphatic carbocycles. The SMILES string of the molecule is NCCCC(N)CNC(=O)c1cc2ccc(-c3ccc(F)c(F)c3)cc2[nH]1. The van der Waals surface area contributed by atoms with Crippen LogP contribution < -0.4 is 16.8 Å². The predicted molar refractivity (Wildman–Crippen MR) is 102 cm³/mol. The van der Waals surface area contributed by atoms with Crippen molar-refractivity contribution in [1.29, 1.82) is 0 Å². The van der Waals surface area contributed by atoms with Gasteiger partial charge in [-0.1, -0.05) is 18.2 Å². The van der Waals surface area contributed by atoms with E-state index in [-0.39, 0.29) is 11.9 Å². The van der Waals surface area contributed by atoms with Crippen LogP contribution in [0.2, 0.25) is 0 Å². The van der Waals surface area contributed by atoms with E-state index in [0.29, 0.717) is 24.3 Å². The number of hydrogen-bond acceptors (Lipinski definition) is 3. The first kappa shape index (κ1) is 19.0. The molecule has 1 aromatic heterocycles. The van der Waals surface area contributed by atoms with Crippen LogP contribution in [-0.4, -0.2) is 30.0 Å². The van der Waals surface area contributed by atoms with Crippen molar-refractivity contribution in [2.45, 2.75) is 18.9 Å². The molecule has 2 aromatic carbocycles. The molecule has 6 N–H and O–H groups in total. The molecule has 1 heterocycles. The highest BCUT2D eigenvalue weighted by atomic mass is 19.2. The molecule has 27 heavy (non-hydrogen) atoms. The van der Waals surface area contributed by atoms with Gasteiger partial charge in [-0.3, -0.25) is 4.79 Å². The third-order valence-corrected chi connectivity index (χ3v) is 4.42. The molecule has 0 saturated heterocycles. The Balaban J connectivity index is 1.75. The van der Waals surface area contributed by atoms with Crippen LogP contribution in [0.5, 0.6) is 0 Å². The van der Waals surface area contributed by atoms with Crippen molar-refractivity contribution in [2.24, 2.45) is 11.5 Å². The maximum absolute atomic E-state index is 13.5. The second-order valence-electron chi connectivity index (χ2n) is 6.51. The van der Waals surface area contributed by atoms with Crippen molar-refractivity contribution in [3.05, 3.63) is 59.8 Å². The number of amides is 1. The summed E-state index contributed by atoms with van der Waals surface area (Å²) in [5, 5.41) is 3.65. The maximum Gasteiger partial charge on any atom is 0.267 e. The fourth-order valence-electron chi connectivity index (χ4n) is 2.91. The quantitative estimate of drug-likeness (QED) is 0.513. The number of aromatic nitrogens is 1. The monoisotopic (exact) mass is 372 g/mol. The minimum absolute atomic E-state index is 0.137. The molecule has 3 rings (SSSR count). The van der Waals surface area contributed by atoms with Crippen LogP contribution in [0.15, 0.2) is 42.5 Å². The summed E-state index contributed by atoms with van der Waals surface area (Å²) in [6.07, 6.45) is 1.57. The van der Waals surface area contributed by atoms with Crippen molar-refractivity contribution in [1.82, 2.24) is 10.3 Å². The Morgan fingerprint density at radius 3 is 2.56 bits per heavy atom. The first-order chi connectivity index (χ1) is 13.0. The van der Waals surface area contributed by atoms with Gasteiger partial charge in [-0.2, -0.15) is 0 Å². The topological polar surface area (TPSA) is 96.9 Å². The molecule has 142 valence electrons. The molecule has 0 fully saturated rings. The zero-order valence-corrected chi connectivity index (χ0v) is 14.8. The van der Waals surface area contributed by atoms with Gasteiger partial charge < -0.3 is 21.8 Å². The van der Waals surface area contributed by atoms with E-state index in [1.165, 1.54) is 6.07 Å². The lowest BCUT2D eigenvalue weighted by Crippen LogP contribution is -2.37. The molecule has 0 aliphatic heterocycles. The summed E-state index contributed by atoms with van der Waals surface area (Å²) in [7, 11) is 0. The highest BCUT2D eigenvalue weighted by molar-refractivity contribution is 5.98. The summed E-state index contributed by atoms with van der Waals surface area (Å²) < 4.78 is 26.6. The summed E-state index contributed by atoms with van der Waals surface area (Å²) in [5.41, 5.74) is 13.8. The Bertz CT molecular complexity index is 954. The zero-order chi connectivity index (χ0) is 19.4. The Hall–Kier alpha value is -2.77. The van der Waals surface area contributed by atoms with E-state index in [0.717, 1.165) is 41.4 Å². The molecule has 1 atom stereocenters. The van der Waals surface area contributed by atoms with Crippen LogP contribution in [0.25, 0.3) is 22.0 Å². The van der Waals surface area contributed by atoms with Gasteiger partial charge in [0, 0.05) is 23.5 Å². The summed E-state index contributed by atoms with van der Waals surface area (Å²) in [5.74, 6) is -2.03. The van der Waals surface area contributed by atoms with E-state index in [1.807, 2.05) is 6.07 Å². The van der Waals surface area contributed by atoms with Gasteiger partial charge in [0.25, 0.3) is 5.91 Å². The summed E-state index contributed by atoms with van der Waals surface area (Å²) >= 11 is 0. The van der Waals surface area contributed by atoms with Crippen molar-refractivity contribution < 1.29 is 13.6 Å². The molecule has 0 bridgehead atoms. The van der Waals surface area contributed by atoms with Crippen LogP contribution in [-0.2, 0) is 0 Å². The third-order valence-electron chi connectivity index (χ3n) is 4.42. The van der Waals surface area contributed by atoms with E-state index < -0.39 is 11.6 Å². The average molecular weight is 372 g/mol. The van der Waals surface area contributed by atoms with Crippen LogP contribution in [0.4, 0.5) is 8.78 Å². The standard InChI is InChI=1S/C20H22F2N4O/c21-16-6-5-12(8-17(16)22)13-3-4-14-10-19(26-18(14)9-13)20(27)25-11-15(24)2-1-7-23/h3-6,8-10,15,26H,1-2,7,11,23-24H2,(H,25,27). The molecule has 7 heteroatoms. The van der Waals surface area contributed by atoms with E-state index >= 15 is 0 Å². The molecule has 0 saturated carbocycles. The average Bonchev–Trinajstić information content (AvgIpc) is 3.10. The molecule has 0 radical (unpaired) electrons. The first-order valence-electron chi connectivity index (χ1n) is 8.80. The second-order valence-corrected chi connectivity index (χ2v) is 6.51. The zero-order valence-electron chi connectivity index (χ0n) is 14.8. The predicted octanol–water partition coefficient (Wildman–Crippen LogP) is 2.91. The number of aromatic amines is 1. The fraction of sp³-hybridized carbons (Fsp3) is 0.250. The number of carbonyl (C=O) groups is 1. The minimum Gasteiger partial charge on any atom is -0.351 e. The number of benzene rings is 2. The maximum atomic E-state index is 13.5.